The van der Waals surface area contributed by atoms with Gasteiger partial charge < -0.3 is 10.6 Å². The van der Waals surface area contributed by atoms with E-state index in [1.54, 1.807) is 0 Å². The van der Waals surface area contributed by atoms with E-state index in [4.69, 9.17) is 11.6 Å². The molecule has 2 atom stereocenters. The predicted molar refractivity (Wildman–Crippen MR) is 106 cm³/mol. The van der Waals surface area contributed by atoms with E-state index < -0.39 is 16.9 Å². The van der Waals surface area contributed by atoms with Crippen molar-refractivity contribution in [2.45, 2.75) is 59.5 Å². The summed E-state index contributed by atoms with van der Waals surface area (Å²) in [6, 6.07) is 2.89. The normalized spacial score (nSPS) is 13.3. The summed E-state index contributed by atoms with van der Waals surface area (Å²) in [7, 11) is 0. The van der Waals surface area contributed by atoms with Crippen molar-refractivity contribution in [3.8, 4) is 0 Å². The first-order valence-corrected chi connectivity index (χ1v) is 9.45. The maximum absolute atomic E-state index is 12.6. The number of rotatable bonds is 9. The average Bonchev–Trinajstić information content (AvgIpc) is 2.56. The molecule has 0 aliphatic rings. The molecule has 1 rings (SSSR count). The zero-order valence-corrected chi connectivity index (χ0v) is 17.2. The Balaban J connectivity index is 2.83. The third kappa shape index (κ3) is 7.17. The van der Waals surface area contributed by atoms with Crippen LogP contribution in [0.3, 0.4) is 0 Å². The van der Waals surface area contributed by atoms with Crippen LogP contribution in [-0.4, -0.2) is 28.8 Å². The fourth-order valence-corrected chi connectivity index (χ4v) is 2.80. The van der Waals surface area contributed by atoms with Gasteiger partial charge in [-0.15, -0.1) is 0 Å². The van der Waals surface area contributed by atoms with E-state index in [0.717, 1.165) is 18.9 Å². The van der Waals surface area contributed by atoms with Gasteiger partial charge in [0, 0.05) is 18.2 Å². The number of carbonyl (C=O) groups is 2. The van der Waals surface area contributed by atoms with Crippen LogP contribution in [0.25, 0.3) is 0 Å². The molecular formula is C19H28ClN3O4. The third-order valence-electron chi connectivity index (χ3n) is 4.21. The summed E-state index contributed by atoms with van der Waals surface area (Å²) in [6.45, 7) is 9.85. The Labute approximate surface area is 165 Å². The Hall–Kier alpha value is -2.15. The number of nitro groups is 1. The van der Waals surface area contributed by atoms with Crippen LogP contribution < -0.4 is 10.6 Å². The summed E-state index contributed by atoms with van der Waals surface area (Å²) in [5, 5.41) is 16.4. The highest BCUT2D eigenvalue weighted by atomic mass is 35.5. The topological polar surface area (TPSA) is 101 Å². The number of amides is 2. The molecule has 2 amide bonds. The maximum Gasteiger partial charge on any atom is 0.270 e. The lowest BCUT2D eigenvalue weighted by atomic mass is 10.0. The van der Waals surface area contributed by atoms with Crippen molar-refractivity contribution in [2.75, 3.05) is 0 Å². The number of hydrogen-bond donors (Lipinski definition) is 2. The van der Waals surface area contributed by atoms with Crippen LogP contribution in [0, 0.1) is 22.0 Å². The highest BCUT2D eigenvalue weighted by Gasteiger charge is 2.26. The second-order valence-corrected chi connectivity index (χ2v) is 7.90. The Kier molecular flexibility index (Phi) is 8.69. The van der Waals surface area contributed by atoms with Gasteiger partial charge in [-0.3, -0.25) is 19.7 Å². The first-order chi connectivity index (χ1) is 12.5. The van der Waals surface area contributed by atoms with Gasteiger partial charge in [-0.2, -0.15) is 0 Å². The van der Waals surface area contributed by atoms with E-state index >= 15 is 0 Å². The molecule has 2 N–H and O–H groups in total. The molecule has 150 valence electrons. The third-order valence-corrected chi connectivity index (χ3v) is 4.52. The van der Waals surface area contributed by atoms with Gasteiger partial charge in [0.25, 0.3) is 11.6 Å². The van der Waals surface area contributed by atoms with E-state index in [9.17, 15) is 19.7 Å². The van der Waals surface area contributed by atoms with Gasteiger partial charge in [-0.05, 0) is 37.7 Å². The molecule has 0 radical (unpaired) electrons. The number of nitrogens with one attached hydrogen (secondary N) is 2. The van der Waals surface area contributed by atoms with Gasteiger partial charge in [0.05, 0.1) is 15.5 Å². The van der Waals surface area contributed by atoms with Crippen molar-refractivity contribution in [1.82, 2.24) is 10.6 Å². The Morgan fingerprint density at radius 2 is 1.74 bits per heavy atom. The minimum absolute atomic E-state index is 0.000940. The van der Waals surface area contributed by atoms with Crippen molar-refractivity contribution in [1.29, 1.82) is 0 Å². The van der Waals surface area contributed by atoms with Gasteiger partial charge >= 0.3 is 0 Å². The zero-order chi connectivity index (χ0) is 20.7. The summed E-state index contributed by atoms with van der Waals surface area (Å²) >= 11 is 6.00. The van der Waals surface area contributed by atoms with Crippen LogP contribution in [0.2, 0.25) is 5.02 Å². The molecule has 0 heterocycles. The van der Waals surface area contributed by atoms with E-state index in [1.807, 2.05) is 20.8 Å². The van der Waals surface area contributed by atoms with Crippen LogP contribution in [0.5, 0.6) is 0 Å². The lowest BCUT2D eigenvalue weighted by molar-refractivity contribution is -0.384. The number of carbonyl (C=O) groups excluding carboxylic acids is 2. The molecule has 0 saturated heterocycles. The van der Waals surface area contributed by atoms with Crippen LogP contribution >= 0.6 is 11.6 Å². The zero-order valence-electron chi connectivity index (χ0n) is 16.4. The van der Waals surface area contributed by atoms with E-state index in [2.05, 4.69) is 24.5 Å². The van der Waals surface area contributed by atoms with Crippen LogP contribution in [-0.2, 0) is 4.79 Å². The molecule has 1 aromatic rings. The molecule has 0 aliphatic heterocycles. The molecule has 0 aromatic heterocycles. The van der Waals surface area contributed by atoms with Crippen molar-refractivity contribution in [2.24, 2.45) is 11.8 Å². The first kappa shape index (κ1) is 22.9. The smallest absolute Gasteiger partial charge is 0.270 e. The highest BCUT2D eigenvalue weighted by molar-refractivity contribution is 6.34. The summed E-state index contributed by atoms with van der Waals surface area (Å²) in [5.41, 5.74) is -0.109. The summed E-state index contributed by atoms with van der Waals surface area (Å²) < 4.78 is 0. The van der Waals surface area contributed by atoms with Crippen molar-refractivity contribution >= 4 is 29.1 Å². The molecular weight excluding hydrogens is 370 g/mol. The van der Waals surface area contributed by atoms with Gasteiger partial charge in [0.15, 0.2) is 0 Å². The molecule has 1 aromatic carbocycles. The fourth-order valence-electron chi connectivity index (χ4n) is 2.54. The molecule has 0 bridgehead atoms. The SMILES string of the molecule is CC(C)CCC(C)NC(=O)C(NC(=O)c1ccc([N+](=O)[O-])cc1Cl)C(C)C. The van der Waals surface area contributed by atoms with Crippen LogP contribution in [0.4, 0.5) is 5.69 Å². The second-order valence-electron chi connectivity index (χ2n) is 7.50. The molecule has 8 heteroatoms. The lowest BCUT2D eigenvalue weighted by Crippen LogP contribution is -2.51. The standard InChI is InChI=1S/C19H28ClN3O4/c1-11(2)6-7-13(5)21-19(25)17(12(3)4)22-18(24)15-9-8-14(23(26)27)10-16(15)20/h8-13,17H,6-7H2,1-5H3,(H,21,25)(H,22,24). The largest absolute Gasteiger partial charge is 0.352 e. The summed E-state index contributed by atoms with van der Waals surface area (Å²) in [6.07, 6.45) is 1.86. The molecule has 7 nitrogen and oxygen atoms in total. The number of halogens is 1. The first-order valence-electron chi connectivity index (χ1n) is 9.08. The number of hydrogen-bond acceptors (Lipinski definition) is 4. The lowest BCUT2D eigenvalue weighted by Gasteiger charge is -2.24. The van der Waals surface area contributed by atoms with Gasteiger partial charge in [0.1, 0.15) is 6.04 Å². The minimum Gasteiger partial charge on any atom is -0.352 e. The number of nitrogens with zero attached hydrogens (tertiary/aromatic N) is 1. The molecule has 0 aliphatic carbocycles. The monoisotopic (exact) mass is 397 g/mol. The van der Waals surface area contributed by atoms with Crippen LogP contribution in [0.15, 0.2) is 18.2 Å². The van der Waals surface area contributed by atoms with E-state index in [-0.39, 0.29) is 34.1 Å². The predicted octanol–water partition coefficient (Wildman–Crippen LogP) is 3.94. The van der Waals surface area contributed by atoms with E-state index in [1.165, 1.54) is 12.1 Å². The number of nitro benzene ring substituents is 1. The molecule has 0 spiro atoms. The quantitative estimate of drug-likeness (QED) is 0.486. The Morgan fingerprint density at radius 1 is 1.11 bits per heavy atom. The van der Waals surface area contributed by atoms with Crippen molar-refractivity contribution < 1.29 is 14.5 Å². The molecule has 0 saturated carbocycles. The van der Waals surface area contributed by atoms with Crippen molar-refractivity contribution in [3.05, 3.63) is 38.9 Å². The van der Waals surface area contributed by atoms with E-state index in [0.29, 0.717) is 5.92 Å². The highest BCUT2D eigenvalue weighted by Crippen LogP contribution is 2.22. The average molecular weight is 398 g/mol. The maximum atomic E-state index is 12.6. The second kappa shape index (κ2) is 10.3. The minimum atomic E-state index is -0.731. The van der Waals surface area contributed by atoms with Crippen molar-refractivity contribution in [3.63, 3.8) is 0 Å². The fraction of sp³-hybridized carbons (Fsp3) is 0.579. The number of benzene rings is 1. The van der Waals surface area contributed by atoms with Gasteiger partial charge in [-0.25, -0.2) is 0 Å². The van der Waals surface area contributed by atoms with Crippen LogP contribution in [0.1, 0.15) is 57.8 Å². The summed E-state index contributed by atoms with van der Waals surface area (Å²) in [4.78, 5) is 35.3. The number of non-ortho nitro benzene ring substituents is 1. The Bertz CT molecular complexity index is 692. The Morgan fingerprint density at radius 3 is 2.22 bits per heavy atom. The molecule has 27 heavy (non-hydrogen) atoms. The van der Waals surface area contributed by atoms with Gasteiger partial charge in [-0.1, -0.05) is 39.3 Å². The molecule has 2 unspecified atom stereocenters. The molecule has 0 fully saturated rings. The summed E-state index contributed by atoms with van der Waals surface area (Å²) in [5.74, 6) is -0.386. The van der Waals surface area contributed by atoms with Gasteiger partial charge in [0.2, 0.25) is 5.91 Å².